The average molecular weight is 250 g/mol. The molecule has 0 unspecified atom stereocenters. The van der Waals surface area contributed by atoms with Gasteiger partial charge < -0.3 is 14.9 Å². The van der Waals surface area contributed by atoms with E-state index in [1.54, 1.807) is 6.92 Å². The van der Waals surface area contributed by atoms with E-state index >= 15 is 0 Å². The van der Waals surface area contributed by atoms with Gasteiger partial charge in [-0.1, -0.05) is 0 Å². The minimum atomic E-state index is -1.18. The first-order valence-electron chi connectivity index (χ1n) is 7.10. The summed E-state index contributed by atoms with van der Waals surface area (Å²) in [6, 6.07) is 0. The standard InChI is InChI=1S/C14H22N2O2/c1-14(18)10-11(15-6-2-3-7-15)12(13(14)17)16-8-4-5-9-16/h18H,2-10H2,1H3/t14-/m0/s1. The van der Waals surface area contributed by atoms with E-state index in [9.17, 15) is 9.90 Å². The van der Waals surface area contributed by atoms with Crippen LogP contribution in [0.3, 0.4) is 0 Å². The Morgan fingerprint density at radius 3 is 2.06 bits per heavy atom. The highest BCUT2D eigenvalue weighted by Gasteiger charge is 2.46. The number of carbonyl (C=O) groups excluding carboxylic acids is 1. The highest BCUT2D eigenvalue weighted by Crippen LogP contribution is 2.37. The summed E-state index contributed by atoms with van der Waals surface area (Å²) in [6.45, 7) is 5.67. The zero-order chi connectivity index (χ0) is 12.8. The maximum Gasteiger partial charge on any atom is 0.212 e. The van der Waals surface area contributed by atoms with E-state index in [1.807, 2.05) is 0 Å². The third-order valence-corrected chi connectivity index (χ3v) is 4.40. The third-order valence-electron chi connectivity index (χ3n) is 4.40. The first-order valence-corrected chi connectivity index (χ1v) is 7.10. The summed E-state index contributed by atoms with van der Waals surface area (Å²) in [6.07, 6.45) is 5.22. The summed E-state index contributed by atoms with van der Waals surface area (Å²) >= 11 is 0. The molecule has 0 amide bonds. The molecule has 0 spiro atoms. The van der Waals surface area contributed by atoms with Crippen molar-refractivity contribution in [3.8, 4) is 0 Å². The number of carbonyl (C=O) groups is 1. The predicted molar refractivity (Wildman–Crippen MR) is 68.9 cm³/mol. The number of aliphatic hydroxyl groups is 1. The van der Waals surface area contributed by atoms with Crippen molar-refractivity contribution in [3.05, 3.63) is 11.4 Å². The Morgan fingerprint density at radius 2 is 1.50 bits per heavy atom. The van der Waals surface area contributed by atoms with E-state index < -0.39 is 5.60 Å². The predicted octanol–water partition coefficient (Wildman–Crippen LogP) is 1.11. The lowest BCUT2D eigenvalue weighted by molar-refractivity contribution is -0.131. The number of hydrogen-bond donors (Lipinski definition) is 1. The van der Waals surface area contributed by atoms with Gasteiger partial charge in [-0.2, -0.15) is 0 Å². The van der Waals surface area contributed by atoms with Crippen LogP contribution >= 0.6 is 0 Å². The molecule has 0 aromatic carbocycles. The van der Waals surface area contributed by atoms with E-state index in [0.717, 1.165) is 50.4 Å². The van der Waals surface area contributed by atoms with Gasteiger partial charge in [0.2, 0.25) is 5.78 Å². The van der Waals surface area contributed by atoms with Crippen LogP contribution in [0, 0.1) is 0 Å². The number of likely N-dealkylation sites (tertiary alicyclic amines) is 2. The van der Waals surface area contributed by atoms with E-state index in [-0.39, 0.29) is 5.78 Å². The van der Waals surface area contributed by atoms with Crippen molar-refractivity contribution < 1.29 is 9.90 Å². The SMILES string of the molecule is C[C@]1(O)CC(N2CCCC2)=C(N2CCCC2)C1=O. The molecule has 3 aliphatic rings. The van der Waals surface area contributed by atoms with Gasteiger partial charge in [-0.15, -0.1) is 0 Å². The van der Waals surface area contributed by atoms with E-state index in [0.29, 0.717) is 6.42 Å². The van der Waals surface area contributed by atoms with E-state index in [1.165, 1.54) is 12.8 Å². The van der Waals surface area contributed by atoms with Crippen molar-refractivity contribution in [2.45, 2.75) is 44.6 Å². The number of hydrogen-bond acceptors (Lipinski definition) is 4. The molecule has 2 heterocycles. The van der Waals surface area contributed by atoms with Gasteiger partial charge in [0.15, 0.2) is 0 Å². The third kappa shape index (κ3) is 1.83. The summed E-state index contributed by atoms with van der Waals surface area (Å²) in [5, 5.41) is 10.3. The maximum absolute atomic E-state index is 12.4. The molecule has 4 nitrogen and oxygen atoms in total. The fraction of sp³-hybridized carbons (Fsp3) is 0.786. The molecule has 100 valence electrons. The molecule has 18 heavy (non-hydrogen) atoms. The number of ketones is 1. The summed E-state index contributed by atoms with van der Waals surface area (Å²) < 4.78 is 0. The number of nitrogens with zero attached hydrogens (tertiary/aromatic N) is 2. The highest BCUT2D eigenvalue weighted by atomic mass is 16.3. The van der Waals surface area contributed by atoms with Crippen LogP contribution in [0.15, 0.2) is 11.4 Å². The van der Waals surface area contributed by atoms with Crippen LogP contribution < -0.4 is 0 Å². The molecule has 0 saturated carbocycles. The lowest BCUT2D eigenvalue weighted by Crippen LogP contribution is -2.35. The second-order valence-corrected chi connectivity index (χ2v) is 5.96. The Balaban J connectivity index is 1.94. The zero-order valence-electron chi connectivity index (χ0n) is 11.1. The van der Waals surface area contributed by atoms with Gasteiger partial charge in [-0.05, 0) is 32.6 Å². The van der Waals surface area contributed by atoms with Gasteiger partial charge in [-0.3, -0.25) is 4.79 Å². The molecule has 2 saturated heterocycles. The summed E-state index contributed by atoms with van der Waals surface area (Å²) in [5.41, 5.74) is 0.736. The smallest absolute Gasteiger partial charge is 0.212 e. The van der Waals surface area contributed by atoms with Crippen molar-refractivity contribution in [2.24, 2.45) is 0 Å². The molecular formula is C14H22N2O2. The van der Waals surface area contributed by atoms with Gasteiger partial charge in [0.25, 0.3) is 0 Å². The minimum absolute atomic E-state index is 0.0636. The topological polar surface area (TPSA) is 43.8 Å². The molecule has 2 aliphatic heterocycles. The van der Waals surface area contributed by atoms with Crippen LogP contribution in [0.4, 0.5) is 0 Å². The molecule has 2 fully saturated rings. The normalized spacial score (nSPS) is 33.1. The van der Waals surface area contributed by atoms with Crippen molar-refractivity contribution >= 4 is 5.78 Å². The van der Waals surface area contributed by atoms with Crippen LogP contribution in [0.5, 0.6) is 0 Å². The molecule has 0 bridgehead atoms. The van der Waals surface area contributed by atoms with Gasteiger partial charge >= 0.3 is 0 Å². The first kappa shape index (κ1) is 12.0. The van der Waals surface area contributed by atoms with Crippen LogP contribution in [0.1, 0.15) is 39.0 Å². The molecule has 0 radical (unpaired) electrons. The van der Waals surface area contributed by atoms with Crippen molar-refractivity contribution in [2.75, 3.05) is 26.2 Å². The Bertz CT molecular complexity index is 389. The average Bonchev–Trinajstić information content (AvgIpc) is 3.02. The summed E-state index contributed by atoms with van der Waals surface area (Å²) in [4.78, 5) is 16.9. The molecule has 1 N–H and O–H groups in total. The Hall–Kier alpha value is -1.03. The molecule has 0 aromatic rings. The van der Waals surface area contributed by atoms with Crippen molar-refractivity contribution in [3.63, 3.8) is 0 Å². The number of Topliss-reactive ketones (excluding diaryl/α,β-unsaturated/α-hetero) is 1. The molecular weight excluding hydrogens is 228 g/mol. The quantitative estimate of drug-likeness (QED) is 0.797. The minimum Gasteiger partial charge on any atom is -0.382 e. The van der Waals surface area contributed by atoms with Crippen LogP contribution in [0.2, 0.25) is 0 Å². The van der Waals surface area contributed by atoms with Gasteiger partial charge in [0.1, 0.15) is 11.3 Å². The van der Waals surface area contributed by atoms with Crippen LogP contribution in [-0.2, 0) is 4.79 Å². The lowest BCUT2D eigenvalue weighted by Gasteiger charge is -2.25. The Kier molecular flexibility index (Phi) is 2.85. The van der Waals surface area contributed by atoms with Gasteiger partial charge in [0, 0.05) is 38.3 Å². The Morgan fingerprint density at radius 1 is 1.00 bits per heavy atom. The largest absolute Gasteiger partial charge is 0.382 e. The van der Waals surface area contributed by atoms with Crippen molar-refractivity contribution in [1.29, 1.82) is 0 Å². The van der Waals surface area contributed by atoms with Crippen molar-refractivity contribution in [1.82, 2.24) is 9.80 Å². The zero-order valence-corrected chi connectivity index (χ0v) is 11.1. The van der Waals surface area contributed by atoms with Gasteiger partial charge in [-0.25, -0.2) is 0 Å². The molecule has 0 aromatic heterocycles. The second kappa shape index (κ2) is 4.26. The van der Waals surface area contributed by atoms with Crippen LogP contribution in [0.25, 0.3) is 0 Å². The molecule has 4 heteroatoms. The highest BCUT2D eigenvalue weighted by molar-refractivity contribution is 6.04. The maximum atomic E-state index is 12.4. The van der Waals surface area contributed by atoms with Gasteiger partial charge in [0.05, 0.1) is 0 Å². The summed E-state index contributed by atoms with van der Waals surface area (Å²) in [5.74, 6) is -0.0636. The fourth-order valence-electron chi connectivity index (χ4n) is 3.39. The second-order valence-electron chi connectivity index (χ2n) is 5.96. The Labute approximate surface area is 108 Å². The first-order chi connectivity index (χ1) is 8.59. The number of rotatable bonds is 2. The monoisotopic (exact) mass is 250 g/mol. The van der Waals surface area contributed by atoms with E-state index in [4.69, 9.17) is 0 Å². The lowest BCUT2D eigenvalue weighted by atomic mass is 10.0. The van der Waals surface area contributed by atoms with Crippen LogP contribution in [-0.4, -0.2) is 52.5 Å². The summed E-state index contributed by atoms with van der Waals surface area (Å²) in [7, 11) is 0. The fourth-order valence-corrected chi connectivity index (χ4v) is 3.39. The van der Waals surface area contributed by atoms with E-state index in [2.05, 4.69) is 9.80 Å². The molecule has 1 aliphatic carbocycles. The molecule has 1 atom stereocenters. The molecule has 3 rings (SSSR count).